The smallest absolute Gasteiger partial charge is 0.245 e. The highest BCUT2D eigenvalue weighted by molar-refractivity contribution is 5.92. The fourth-order valence-electron chi connectivity index (χ4n) is 3.79. The number of fused-ring (bicyclic) bond motifs is 1. The zero-order valence-corrected chi connectivity index (χ0v) is 15.7. The zero-order chi connectivity index (χ0) is 19.0. The molecule has 142 valence electrons. The highest BCUT2D eigenvalue weighted by Gasteiger charge is 2.32. The molecule has 2 aliphatic heterocycles. The maximum atomic E-state index is 12.6. The van der Waals surface area contributed by atoms with E-state index in [0.29, 0.717) is 25.9 Å². The summed E-state index contributed by atoms with van der Waals surface area (Å²) >= 11 is 0. The number of carbonyl (C=O) groups excluding carboxylic acids is 2. The van der Waals surface area contributed by atoms with E-state index in [2.05, 4.69) is 32.3 Å². The Hall–Kier alpha value is -2.90. The van der Waals surface area contributed by atoms with E-state index >= 15 is 0 Å². The SMILES string of the molecule is CN(C)c1ncnc2ccc(N3CCN(C(=O)C4CCC(=O)N4)CC3)cc12. The van der Waals surface area contributed by atoms with Gasteiger partial charge >= 0.3 is 0 Å². The van der Waals surface area contributed by atoms with Gasteiger partial charge in [-0.05, 0) is 24.6 Å². The summed E-state index contributed by atoms with van der Waals surface area (Å²) < 4.78 is 0. The van der Waals surface area contributed by atoms with Crippen molar-refractivity contribution < 1.29 is 9.59 Å². The second-order valence-electron chi connectivity index (χ2n) is 7.26. The van der Waals surface area contributed by atoms with Crippen LogP contribution in [0.15, 0.2) is 24.5 Å². The molecule has 2 saturated heterocycles. The van der Waals surface area contributed by atoms with Crippen molar-refractivity contribution in [3.8, 4) is 0 Å². The molecule has 3 heterocycles. The maximum Gasteiger partial charge on any atom is 0.245 e. The van der Waals surface area contributed by atoms with Crippen LogP contribution in [0.5, 0.6) is 0 Å². The van der Waals surface area contributed by atoms with Crippen molar-refractivity contribution in [2.75, 3.05) is 50.1 Å². The number of carbonyl (C=O) groups is 2. The van der Waals surface area contributed by atoms with Crippen LogP contribution in [0.1, 0.15) is 12.8 Å². The lowest BCUT2D eigenvalue weighted by atomic mass is 10.1. The second kappa shape index (κ2) is 7.02. The summed E-state index contributed by atoms with van der Waals surface area (Å²) in [5.41, 5.74) is 2.03. The maximum absolute atomic E-state index is 12.6. The van der Waals surface area contributed by atoms with E-state index in [4.69, 9.17) is 0 Å². The monoisotopic (exact) mass is 368 g/mol. The van der Waals surface area contributed by atoms with Crippen LogP contribution < -0.4 is 15.1 Å². The molecular weight excluding hydrogens is 344 g/mol. The van der Waals surface area contributed by atoms with Gasteiger partial charge in [-0.15, -0.1) is 0 Å². The minimum Gasteiger partial charge on any atom is -0.368 e. The molecule has 2 aromatic rings. The van der Waals surface area contributed by atoms with E-state index in [9.17, 15) is 9.59 Å². The van der Waals surface area contributed by atoms with Gasteiger partial charge in [0.05, 0.1) is 5.52 Å². The van der Waals surface area contributed by atoms with Crippen LogP contribution in [0.3, 0.4) is 0 Å². The molecule has 4 rings (SSSR count). The number of benzene rings is 1. The summed E-state index contributed by atoms with van der Waals surface area (Å²) in [5, 5.41) is 3.79. The molecule has 27 heavy (non-hydrogen) atoms. The van der Waals surface area contributed by atoms with Crippen molar-refractivity contribution in [1.29, 1.82) is 0 Å². The minimum atomic E-state index is -0.343. The number of piperazine rings is 1. The summed E-state index contributed by atoms with van der Waals surface area (Å²) in [6.07, 6.45) is 2.64. The number of anilines is 2. The Kier molecular flexibility index (Phi) is 4.55. The Labute approximate surface area is 158 Å². The zero-order valence-electron chi connectivity index (χ0n) is 15.7. The predicted octanol–water partition coefficient (Wildman–Crippen LogP) is 0.623. The average Bonchev–Trinajstić information content (AvgIpc) is 3.13. The van der Waals surface area contributed by atoms with Crippen LogP contribution in [0.4, 0.5) is 11.5 Å². The Bertz CT molecular complexity index is 876. The van der Waals surface area contributed by atoms with Crippen LogP contribution in [-0.4, -0.2) is 73.0 Å². The Morgan fingerprint density at radius 1 is 1.19 bits per heavy atom. The summed E-state index contributed by atoms with van der Waals surface area (Å²) in [4.78, 5) is 38.8. The summed E-state index contributed by atoms with van der Waals surface area (Å²) in [5.74, 6) is 0.914. The van der Waals surface area contributed by atoms with Crippen LogP contribution in [0, 0.1) is 0 Å². The molecule has 1 N–H and O–H groups in total. The van der Waals surface area contributed by atoms with Gasteiger partial charge in [-0.2, -0.15) is 0 Å². The molecule has 1 aromatic carbocycles. The number of amides is 2. The number of nitrogens with one attached hydrogen (secondary N) is 1. The third-order valence-electron chi connectivity index (χ3n) is 5.27. The Balaban J connectivity index is 1.47. The molecule has 1 aromatic heterocycles. The first-order chi connectivity index (χ1) is 13.0. The van der Waals surface area contributed by atoms with Gasteiger partial charge in [-0.25, -0.2) is 9.97 Å². The molecule has 0 radical (unpaired) electrons. The average molecular weight is 368 g/mol. The lowest BCUT2D eigenvalue weighted by Crippen LogP contribution is -2.53. The molecule has 2 amide bonds. The van der Waals surface area contributed by atoms with Crippen molar-refractivity contribution in [3.63, 3.8) is 0 Å². The summed E-state index contributed by atoms with van der Waals surface area (Å²) in [7, 11) is 3.95. The first-order valence-corrected chi connectivity index (χ1v) is 9.28. The quantitative estimate of drug-likeness (QED) is 0.856. The van der Waals surface area contributed by atoms with Crippen LogP contribution >= 0.6 is 0 Å². The number of rotatable bonds is 3. The lowest BCUT2D eigenvalue weighted by molar-refractivity contribution is -0.134. The van der Waals surface area contributed by atoms with Crippen LogP contribution in [0.2, 0.25) is 0 Å². The van der Waals surface area contributed by atoms with E-state index in [1.165, 1.54) is 0 Å². The molecule has 0 bridgehead atoms. The van der Waals surface area contributed by atoms with Gasteiger partial charge in [0.25, 0.3) is 0 Å². The minimum absolute atomic E-state index is 0.0259. The fraction of sp³-hybridized carbons (Fsp3) is 0.474. The third kappa shape index (κ3) is 3.39. The number of hydrogen-bond acceptors (Lipinski definition) is 6. The van der Waals surface area contributed by atoms with Gasteiger partial charge in [0.1, 0.15) is 18.2 Å². The molecule has 2 aliphatic rings. The van der Waals surface area contributed by atoms with Crippen LogP contribution in [0.25, 0.3) is 10.9 Å². The highest BCUT2D eigenvalue weighted by Crippen LogP contribution is 2.27. The van der Waals surface area contributed by atoms with Gasteiger partial charge in [0.15, 0.2) is 0 Å². The van der Waals surface area contributed by atoms with Crippen LogP contribution in [-0.2, 0) is 9.59 Å². The van der Waals surface area contributed by atoms with E-state index in [-0.39, 0.29) is 17.9 Å². The Morgan fingerprint density at radius 3 is 2.63 bits per heavy atom. The molecule has 0 aliphatic carbocycles. The fourth-order valence-corrected chi connectivity index (χ4v) is 3.79. The van der Waals surface area contributed by atoms with Gasteiger partial charge in [-0.1, -0.05) is 0 Å². The molecule has 1 atom stereocenters. The summed E-state index contributed by atoms with van der Waals surface area (Å²) in [6.45, 7) is 2.86. The van der Waals surface area contributed by atoms with Gasteiger partial charge in [-0.3, -0.25) is 9.59 Å². The second-order valence-corrected chi connectivity index (χ2v) is 7.26. The van der Waals surface area contributed by atoms with E-state index < -0.39 is 0 Å². The normalized spacial score (nSPS) is 20.1. The highest BCUT2D eigenvalue weighted by atomic mass is 16.2. The lowest BCUT2D eigenvalue weighted by Gasteiger charge is -2.37. The van der Waals surface area contributed by atoms with Crippen molar-refractivity contribution in [2.24, 2.45) is 0 Å². The molecule has 2 fully saturated rings. The largest absolute Gasteiger partial charge is 0.368 e. The third-order valence-corrected chi connectivity index (χ3v) is 5.27. The molecule has 0 spiro atoms. The van der Waals surface area contributed by atoms with E-state index in [1.54, 1.807) is 6.33 Å². The molecular formula is C19H24N6O2. The first-order valence-electron chi connectivity index (χ1n) is 9.28. The summed E-state index contributed by atoms with van der Waals surface area (Å²) in [6, 6.07) is 5.87. The van der Waals surface area contributed by atoms with Gasteiger partial charge in [0.2, 0.25) is 11.8 Å². The molecule has 1 unspecified atom stereocenters. The first kappa shape index (κ1) is 17.5. The van der Waals surface area contributed by atoms with Crippen molar-refractivity contribution in [2.45, 2.75) is 18.9 Å². The number of nitrogens with zero attached hydrogens (tertiary/aromatic N) is 5. The standard InChI is InChI=1S/C19H24N6O2/c1-23(2)18-14-11-13(3-4-15(14)20-12-21-18)24-7-9-25(10-8-24)19(27)16-5-6-17(26)22-16/h3-4,11-12,16H,5-10H2,1-2H3,(H,22,26). The predicted molar refractivity (Wildman–Crippen MR) is 104 cm³/mol. The van der Waals surface area contributed by atoms with Crippen molar-refractivity contribution in [3.05, 3.63) is 24.5 Å². The molecule has 0 saturated carbocycles. The number of aromatic nitrogens is 2. The van der Waals surface area contributed by atoms with Gasteiger partial charge in [0, 0.05) is 57.8 Å². The van der Waals surface area contributed by atoms with Crippen molar-refractivity contribution in [1.82, 2.24) is 20.2 Å². The Morgan fingerprint density at radius 2 is 1.96 bits per heavy atom. The number of hydrogen-bond donors (Lipinski definition) is 1. The molecule has 8 heteroatoms. The molecule has 8 nitrogen and oxygen atoms in total. The van der Waals surface area contributed by atoms with Gasteiger partial charge < -0.3 is 20.0 Å². The van der Waals surface area contributed by atoms with E-state index in [0.717, 1.165) is 35.5 Å². The van der Waals surface area contributed by atoms with Crippen molar-refractivity contribution >= 4 is 34.2 Å². The topological polar surface area (TPSA) is 81.7 Å². The van der Waals surface area contributed by atoms with E-state index in [1.807, 2.05) is 30.0 Å².